The van der Waals surface area contributed by atoms with Crippen LogP contribution in [0, 0.1) is 6.92 Å². The van der Waals surface area contributed by atoms with Gasteiger partial charge in [-0.15, -0.1) is 11.3 Å². The normalized spacial score (nSPS) is 14.9. The first-order valence-corrected chi connectivity index (χ1v) is 13.7. The molecule has 0 spiro atoms. The van der Waals surface area contributed by atoms with Crippen LogP contribution >= 0.6 is 11.3 Å². The van der Waals surface area contributed by atoms with Crippen LogP contribution in [-0.2, 0) is 15.1 Å². The molecule has 4 rings (SSSR count). The van der Waals surface area contributed by atoms with Gasteiger partial charge >= 0.3 is 6.03 Å². The van der Waals surface area contributed by atoms with Crippen molar-refractivity contribution in [3.8, 4) is 17.0 Å². The maximum Gasteiger partial charge on any atom is 0.324 e. The average Bonchev–Trinajstić information content (AvgIpc) is 3.35. The van der Waals surface area contributed by atoms with Crippen LogP contribution in [0.15, 0.2) is 42.6 Å². The quantitative estimate of drug-likeness (QED) is 0.371. The summed E-state index contributed by atoms with van der Waals surface area (Å²) in [6, 6.07) is 10.6. The molecule has 1 aliphatic heterocycles. The van der Waals surface area contributed by atoms with Gasteiger partial charge in [-0.3, -0.25) is 14.9 Å². The highest BCUT2D eigenvalue weighted by Gasteiger charge is 2.42. The smallest absolute Gasteiger partial charge is 0.324 e. The molecule has 11 heteroatoms. The third-order valence-corrected chi connectivity index (χ3v) is 8.51. The number of thiophene rings is 1. The molecule has 3 aromatic rings. The van der Waals surface area contributed by atoms with Gasteiger partial charge in [0, 0.05) is 48.6 Å². The van der Waals surface area contributed by atoms with Gasteiger partial charge in [0.05, 0.1) is 18.3 Å². The number of carbonyl (C=O) groups is 3. The minimum atomic E-state index is -1.04. The second-order valence-electron chi connectivity index (χ2n) is 10.5. The van der Waals surface area contributed by atoms with E-state index in [9.17, 15) is 14.4 Å². The fourth-order valence-electron chi connectivity index (χ4n) is 4.31. The minimum absolute atomic E-state index is 0.227. The molecule has 40 heavy (non-hydrogen) atoms. The molecule has 4 amide bonds. The van der Waals surface area contributed by atoms with Gasteiger partial charge in [0.15, 0.2) is 0 Å². The van der Waals surface area contributed by atoms with Crippen LogP contribution in [0.3, 0.4) is 0 Å². The van der Waals surface area contributed by atoms with Gasteiger partial charge in [0.2, 0.25) is 11.8 Å². The fourth-order valence-corrected chi connectivity index (χ4v) is 5.43. The Morgan fingerprint density at radius 3 is 2.48 bits per heavy atom. The van der Waals surface area contributed by atoms with Crippen molar-refractivity contribution >= 4 is 39.9 Å². The van der Waals surface area contributed by atoms with E-state index < -0.39 is 17.2 Å². The summed E-state index contributed by atoms with van der Waals surface area (Å²) in [4.78, 5) is 46.1. The number of nitrogens with zero attached hydrogens (tertiary/aromatic N) is 2. The molecule has 0 saturated carbocycles. The number of anilines is 2. The zero-order chi connectivity index (χ0) is 29.2. The Hall–Kier alpha value is -3.96. The Kier molecular flexibility index (Phi) is 8.18. The summed E-state index contributed by atoms with van der Waals surface area (Å²) >= 11 is 1.27. The summed E-state index contributed by atoms with van der Waals surface area (Å²) in [6.45, 7) is 9.80. The molecule has 0 unspecified atom stereocenters. The SMILES string of the molecule is COc1ccc(-c2ccc(C)c(NC(=O)Nc3sc(C(C)(C)OC)cc3C(=O)N3CCNC(=O)C3(C)C)c2)cn1. The second-order valence-corrected chi connectivity index (χ2v) is 11.6. The number of benzene rings is 1. The Labute approximate surface area is 238 Å². The van der Waals surface area contributed by atoms with E-state index in [0.29, 0.717) is 35.2 Å². The van der Waals surface area contributed by atoms with E-state index in [0.717, 1.165) is 21.6 Å². The average molecular weight is 566 g/mol. The van der Waals surface area contributed by atoms with E-state index in [1.165, 1.54) is 16.2 Å². The Balaban J connectivity index is 1.62. The first-order chi connectivity index (χ1) is 18.9. The number of urea groups is 1. The molecule has 3 N–H and O–H groups in total. The van der Waals surface area contributed by atoms with Gasteiger partial charge in [0.25, 0.3) is 5.91 Å². The first kappa shape index (κ1) is 29.0. The van der Waals surface area contributed by atoms with Crippen molar-refractivity contribution in [1.29, 1.82) is 0 Å². The number of methoxy groups -OCH3 is 2. The number of aryl methyl sites for hydroxylation is 1. The minimum Gasteiger partial charge on any atom is -0.481 e. The number of hydrogen-bond donors (Lipinski definition) is 3. The second kappa shape index (κ2) is 11.3. The summed E-state index contributed by atoms with van der Waals surface area (Å²) in [5, 5.41) is 8.97. The van der Waals surface area contributed by atoms with Crippen LogP contribution < -0.4 is 20.7 Å². The summed E-state index contributed by atoms with van der Waals surface area (Å²) in [7, 11) is 3.15. The van der Waals surface area contributed by atoms with Crippen LogP contribution in [0.25, 0.3) is 11.1 Å². The van der Waals surface area contributed by atoms with Crippen LogP contribution in [0.4, 0.5) is 15.5 Å². The highest BCUT2D eigenvalue weighted by Crippen LogP contribution is 2.38. The third kappa shape index (κ3) is 5.80. The van der Waals surface area contributed by atoms with Gasteiger partial charge in [-0.1, -0.05) is 12.1 Å². The Bertz CT molecular complexity index is 1430. The summed E-state index contributed by atoms with van der Waals surface area (Å²) in [5.74, 6) is -0.0522. The van der Waals surface area contributed by atoms with Crippen molar-refractivity contribution in [2.75, 3.05) is 37.9 Å². The molecule has 10 nitrogen and oxygen atoms in total. The molecule has 1 fully saturated rings. The van der Waals surface area contributed by atoms with E-state index in [-0.39, 0.29) is 11.8 Å². The van der Waals surface area contributed by atoms with Crippen LogP contribution in [0.5, 0.6) is 5.88 Å². The first-order valence-electron chi connectivity index (χ1n) is 12.9. The third-order valence-electron chi connectivity index (χ3n) is 7.15. The molecule has 0 bridgehead atoms. The number of rotatable bonds is 7. The van der Waals surface area contributed by atoms with Crippen molar-refractivity contribution in [3.05, 3.63) is 58.6 Å². The molecule has 0 atom stereocenters. The van der Waals surface area contributed by atoms with Crippen molar-refractivity contribution < 1.29 is 23.9 Å². The summed E-state index contributed by atoms with van der Waals surface area (Å²) in [5.41, 5.74) is 1.79. The number of ether oxygens (including phenoxy) is 2. The number of nitrogens with one attached hydrogen (secondary N) is 3. The van der Waals surface area contributed by atoms with E-state index in [1.807, 2.05) is 45.0 Å². The molecule has 0 radical (unpaired) electrons. The van der Waals surface area contributed by atoms with Gasteiger partial charge in [-0.05, 0) is 63.9 Å². The molecule has 212 valence electrons. The van der Waals surface area contributed by atoms with Gasteiger partial charge in [0.1, 0.15) is 10.5 Å². The lowest BCUT2D eigenvalue weighted by Crippen LogP contribution is -2.63. The molecule has 2 aromatic heterocycles. The summed E-state index contributed by atoms with van der Waals surface area (Å²) < 4.78 is 10.8. The Morgan fingerprint density at radius 2 is 1.82 bits per heavy atom. The van der Waals surface area contributed by atoms with E-state index in [1.54, 1.807) is 46.4 Å². The number of aromatic nitrogens is 1. The van der Waals surface area contributed by atoms with E-state index in [2.05, 4.69) is 20.9 Å². The zero-order valence-corrected chi connectivity index (χ0v) is 24.6. The fraction of sp³-hybridized carbons (Fsp3) is 0.379. The van der Waals surface area contributed by atoms with Gasteiger partial charge < -0.3 is 25.0 Å². The maximum absolute atomic E-state index is 13.8. The zero-order valence-electron chi connectivity index (χ0n) is 23.8. The van der Waals surface area contributed by atoms with Crippen molar-refractivity contribution in [1.82, 2.24) is 15.2 Å². The van der Waals surface area contributed by atoms with Crippen LogP contribution in [0.2, 0.25) is 0 Å². The Morgan fingerprint density at radius 1 is 1.10 bits per heavy atom. The van der Waals surface area contributed by atoms with Crippen LogP contribution in [-0.4, -0.2) is 60.6 Å². The molecule has 1 aliphatic rings. The lowest BCUT2D eigenvalue weighted by molar-refractivity contribution is -0.133. The molecular weight excluding hydrogens is 530 g/mol. The lowest BCUT2D eigenvalue weighted by atomic mass is 9.97. The van der Waals surface area contributed by atoms with Gasteiger partial charge in [-0.2, -0.15) is 0 Å². The predicted octanol–water partition coefficient (Wildman–Crippen LogP) is 5.00. The van der Waals surface area contributed by atoms with Gasteiger partial charge in [-0.25, -0.2) is 9.78 Å². The van der Waals surface area contributed by atoms with Crippen molar-refractivity contribution in [2.24, 2.45) is 0 Å². The predicted molar refractivity (Wildman–Crippen MR) is 156 cm³/mol. The maximum atomic E-state index is 13.8. The number of carbonyl (C=O) groups excluding carboxylic acids is 3. The number of piperazine rings is 1. The number of hydrogen-bond acceptors (Lipinski definition) is 7. The molecule has 1 aromatic carbocycles. The number of amides is 4. The summed E-state index contributed by atoms with van der Waals surface area (Å²) in [6.07, 6.45) is 1.71. The van der Waals surface area contributed by atoms with Crippen molar-refractivity contribution in [2.45, 2.75) is 45.8 Å². The lowest BCUT2D eigenvalue weighted by Gasteiger charge is -2.41. The van der Waals surface area contributed by atoms with Crippen LogP contribution in [0.1, 0.15) is 48.5 Å². The van der Waals surface area contributed by atoms with E-state index in [4.69, 9.17) is 9.47 Å². The standard InChI is InChI=1S/C29H35N5O5S/c1-17-8-9-18(19-10-11-23(38-6)31-16-19)14-21(17)32-27(37)33-24-20(15-22(40-24)29(4,5)39-7)25(35)34-13-12-30-26(36)28(34,2)3/h8-11,14-16H,12-13H2,1-7H3,(H,30,36)(H2,32,33,37). The molecule has 1 saturated heterocycles. The van der Waals surface area contributed by atoms with Crippen molar-refractivity contribution in [3.63, 3.8) is 0 Å². The molecule has 3 heterocycles. The largest absolute Gasteiger partial charge is 0.481 e. The van der Waals surface area contributed by atoms with E-state index >= 15 is 0 Å². The molecule has 0 aliphatic carbocycles. The monoisotopic (exact) mass is 565 g/mol. The molecular formula is C29H35N5O5S. The number of pyridine rings is 1. The highest BCUT2D eigenvalue weighted by molar-refractivity contribution is 7.16. The topological polar surface area (TPSA) is 122 Å². The highest BCUT2D eigenvalue weighted by atomic mass is 32.1.